The van der Waals surface area contributed by atoms with Crippen molar-refractivity contribution < 1.29 is 4.79 Å². The number of nitrogens with two attached hydrogens (primary N) is 2. The van der Waals surface area contributed by atoms with Crippen LogP contribution in [0.1, 0.15) is 60.1 Å². The minimum atomic E-state index is -0.319. The maximum Gasteiger partial charge on any atom is 0.276 e. The summed E-state index contributed by atoms with van der Waals surface area (Å²) < 4.78 is 0. The fraction of sp³-hybridized carbons (Fsp3) is 0.348. The fourth-order valence-corrected chi connectivity index (χ4v) is 4.19. The molecule has 0 radical (unpaired) electrons. The number of nitrogens with zero attached hydrogens (tertiary/aromatic N) is 2. The highest BCUT2D eigenvalue weighted by atomic mass is 16.1. The summed E-state index contributed by atoms with van der Waals surface area (Å²) in [5, 5.41) is 3.91. The van der Waals surface area contributed by atoms with Gasteiger partial charge >= 0.3 is 0 Å². The molecule has 0 spiro atoms. The Labute approximate surface area is 170 Å². The van der Waals surface area contributed by atoms with Crippen LogP contribution in [-0.2, 0) is 6.42 Å². The standard InChI is InChI=1S/C23H27N5O/c1-2-14-6-7-16-12-19(25)22(27-20(16)10-14)23(29)28-21-13-26-9-8-18(21)15-4-3-5-17(24)11-15/h6-10,12-13,15,17H,2-5,11,24-25H2,1H3,(H,28,29)/t15?,17-/m0/s1. The van der Waals surface area contributed by atoms with E-state index in [0.29, 0.717) is 17.3 Å². The Hall–Kier alpha value is -2.99. The number of pyridine rings is 2. The van der Waals surface area contributed by atoms with Gasteiger partial charge in [-0.1, -0.05) is 25.5 Å². The summed E-state index contributed by atoms with van der Waals surface area (Å²) in [7, 11) is 0. The zero-order chi connectivity index (χ0) is 20.4. The number of aryl methyl sites for hydroxylation is 1. The van der Waals surface area contributed by atoms with Gasteiger partial charge in [-0.25, -0.2) is 4.98 Å². The van der Waals surface area contributed by atoms with Crippen molar-refractivity contribution in [3.05, 3.63) is 59.5 Å². The number of benzene rings is 1. The molecule has 2 aromatic heterocycles. The molecular formula is C23H27N5O. The highest BCUT2D eigenvalue weighted by Gasteiger charge is 2.24. The fourth-order valence-electron chi connectivity index (χ4n) is 4.19. The van der Waals surface area contributed by atoms with Crippen molar-refractivity contribution in [3.63, 3.8) is 0 Å². The summed E-state index contributed by atoms with van der Waals surface area (Å²) in [6, 6.07) is 10.0. The second kappa shape index (κ2) is 8.17. The molecule has 2 heterocycles. The van der Waals surface area contributed by atoms with Gasteiger partial charge in [0, 0.05) is 17.6 Å². The number of nitrogen functional groups attached to an aromatic ring is 1. The third-order valence-corrected chi connectivity index (χ3v) is 5.79. The Morgan fingerprint density at radius 2 is 2.10 bits per heavy atom. The number of amides is 1. The smallest absolute Gasteiger partial charge is 0.276 e. The quantitative estimate of drug-likeness (QED) is 0.625. The van der Waals surface area contributed by atoms with Crippen LogP contribution in [0.5, 0.6) is 0 Å². The maximum atomic E-state index is 13.0. The topological polar surface area (TPSA) is 107 Å². The first kappa shape index (κ1) is 19.3. The minimum absolute atomic E-state index is 0.205. The monoisotopic (exact) mass is 389 g/mol. The average molecular weight is 390 g/mol. The molecule has 6 nitrogen and oxygen atoms in total. The Morgan fingerprint density at radius 1 is 1.24 bits per heavy atom. The number of hydrogen-bond acceptors (Lipinski definition) is 5. The van der Waals surface area contributed by atoms with Gasteiger partial charge in [0.25, 0.3) is 5.91 Å². The van der Waals surface area contributed by atoms with Crippen molar-refractivity contribution in [1.82, 2.24) is 9.97 Å². The van der Waals surface area contributed by atoms with Gasteiger partial charge in [0.05, 0.1) is 23.1 Å². The van der Waals surface area contributed by atoms with Gasteiger partial charge < -0.3 is 16.8 Å². The van der Waals surface area contributed by atoms with Gasteiger partial charge in [-0.05, 0) is 60.9 Å². The number of carbonyl (C=O) groups excluding carboxylic acids is 1. The van der Waals surface area contributed by atoms with Crippen LogP contribution in [0.4, 0.5) is 11.4 Å². The molecule has 1 aliphatic carbocycles. The molecule has 1 fully saturated rings. The summed E-state index contributed by atoms with van der Waals surface area (Å²) in [5.74, 6) is 0.00623. The molecule has 1 unspecified atom stereocenters. The van der Waals surface area contributed by atoms with E-state index in [4.69, 9.17) is 11.5 Å². The van der Waals surface area contributed by atoms with E-state index in [1.807, 2.05) is 18.2 Å². The van der Waals surface area contributed by atoms with Crippen molar-refractivity contribution in [3.8, 4) is 0 Å². The van der Waals surface area contributed by atoms with Crippen molar-refractivity contribution in [2.45, 2.75) is 51.0 Å². The van der Waals surface area contributed by atoms with Crippen molar-refractivity contribution in [2.75, 3.05) is 11.1 Å². The Kier molecular flexibility index (Phi) is 5.45. The van der Waals surface area contributed by atoms with E-state index in [-0.39, 0.29) is 17.6 Å². The molecule has 1 aromatic carbocycles. The van der Waals surface area contributed by atoms with Crippen molar-refractivity contribution in [2.24, 2.45) is 5.73 Å². The lowest BCUT2D eigenvalue weighted by molar-refractivity contribution is 0.102. The van der Waals surface area contributed by atoms with Gasteiger partial charge in [-0.2, -0.15) is 0 Å². The molecule has 0 saturated heterocycles. The SMILES string of the molecule is CCc1ccc2cc(N)c(C(=O)Nc3cnccc3C3CCC[C@H](N)C3)nc2c1. The second-order valence-electron chi connectivity index (χ2n) is 7.85. The number of rotatable bonds is 4. The van der Waals surface area contributed by atoms with E-state index in [2.05, 4.69) is 28.3 Å². The molecule has 1 saturated carbocycles. The van der Waals surface area contributed by atoms with E-state index in [1.165, 1.54) is 5.56 Å². The highest BCUT2D eigenvalue weighted by Crippen LogP contribution is 2.36. The van der Waals surface area contributed by atoms with E-state index >= 15 is 0 Å². The van der Waals surface area contributed by atoms with Crippen LogP contribution in [0, 0.1) is 0 Å². The largest absolute Gasteiger partial charge is 0.397 e. The lowest BCUT2D eigenvalue weighted by Crippen LogP contribution is -2.27. The van der Waals surface area contributed by atoms with E-state index in [0.717, 1.165) is 48.6 Å². The summed E-state index contributed by atoms with van der Waals surface area (Å²) >= 11 is 0. The van der Waals surface area contributed by atoms with Crippen LogP contribution in [0.2, 0.25) is 0 Å². The van der Waals surface area contributed by atoms with Gasteiger partial charge in [0.1, 0.15) is 0 Å². The second-order valence-corrected chi connectivity index (χ2v) is 7.85. The average Bonchev–Trinajstić information content (AvgIpc) is 2.73. The molecule has 6 heteroatoms. The van der Waals surface area contributed by atoms with Gasteiger partial charge in [-0.15, -0.1) is 0 Å². The maximum absolute atomic E-state index is 13.0. The zero-order valence-corrected chi connectivity index (χ0v) is 16.7. The third kappa shape index (κ3) is 4.07. The summed E-state index contributed by atoms with van der Waals surface area (Å²) in [4.78, 5) is 21.8. The molecule has 1 aliphatic rings. The first-order chi connectivity index (χ1) is 14.0. The minimum Gasteiger partial charge on any atom is -0.397 e. The number of anilines is 2. The predicted molar refractivity (Wildman–Crippen MR) is 117 cm³/mol. The predicted octanol–water partition coefficient (Wildman–Crippen LogP) is 4.01. The van der Waals surface area contributed by atoms with Crippen LogP contribution < -0.4 is 16.8 Å². The number of aromatic nitrogens is 2. The van der Waals surface area contributed by atoms with Crippen molar-refractivity contribution in [1.29, 1.82) is 0 Å². The Balaban J connectivity index is 1.64. The summed E-state index contributed by atoms with van der Waals surface area (Å²) in [6.45, 7) is 2.09. The van der Waals surface area contributed by atoms with E-state index in [1.54, 1.807) is 18.5 Å². The molecule has 5 N–H and O–H groups in total. The molecule has 4 rings (SSSR count). The van der Waals surface area contributed by atoms with E-state index in [9.17, 15) is 4.79 Å². The molecular weight excluding hydrogens is 362 g/mol. The number of hydrogen-bond donors (Lipinski definition) is 3. The van der Waals surface area contributed by atoms with Crippen molar-refractivity contribution >= 4 is 28.2 Å². The van der Waals surface area contributed by atoms with Gasteiger partial charge in [0.2, 0.25) is 0 Å². The molecule has 1 amide bonds. The molecule has 3 aromatic rings. The Bertz CT molecular complexity index is 1050. The molecule has 150 valence electrons. The van der Waals surface area contributed by atoms with Gasteiger partial charge in [0.15, 0.2) is 5.69 Å². The summed E-state index contributed by atoms with van der Waals surface area (Å²) in [5.41, 5.74) is 16.7. The molecule has 29 heavy (non-hydrogen) atoms. The number of nitrogens with one attached hydrogen (secondary N) is 1. The zero-order valence-electron chi connectivity index (χ0n) is 16.7. The van der Waals surface area contributed by atoms with Crippen LogP contribution in [0.15, 0.2) is 42.7 Å². The highest BCUT2D eigenvalue weighted by molar-refractivity contribution is 6.08. The van der Waals surface area contributed by atoms with E-state index < -0.39 is 0 Å². The normalized spacial score (nSPS) is 19.2. The van der Waals surface area contributed by atoms with Crippen LogP contribution in [-0.4, -0.2) is 21.9 Å². The number of carbonyl (C=O) groups is 1. The summed E-state index contributed by atoms with van der Waals surface area (Å²) in [6.07, 6.45) is 8.51. The van der Waals surface area contributed by atoms with Gasteiger partial charge in [-0.3, -0.25) is 9.78 Å². The molecule has 0 aliphatic heterocycles. The van der Waals surface area contributed by atoms with Crippen LogP contribution in [0.3, 0.4) is 0 Å². The molecule has 2 atom stereocenters. The lowest BCUT2D eigenvalue weighted by atomic mass is 9.81. The third-order valence-electron chi connectivity index (χ3n) is 5.79. The van der Waals surface area contributed by atoms with Crippen LogP contribution in [0.25, 0.3) is 10.9 Å². The first-order valence-corrected chi connectivity index (χ1v) is 10.2. The number of fused-ring (bicyclic) bond motifs is 1. The molecule has 0 bridgehead atoms. The Morgan fingerprint density at radius 3 is 2.90 bits per heavy atom. The van der Waals surface area contributed by atoms with Crippen LogP contribution >= 0.6 is 0 Å². The lowest BCUT2D eigenvalue weighted by Gasteiger charge is -2.28. The first-order valence-electron chi connectivity index (χ1n) is 10.2.